The average Bonchev–Trinajstić information content (AvgIpc) is 3.08. The van der Waals surface area contributed by atoms with Gasteiger partial charge in [-0.2, -0.15) is 0 Å². The standard InChI is InChI=1S/C15H17N3O3/c1-15(14(19)20)7-8-18(10-15)9-12-16-17-13(21-12)11-5-3-2-4-6-11/h2-6H,7-10H2,1H3,(H,19,20). The summed E-state index contributed by atoms with van der Waals surface area (Å²) in [7, 11) is 0. The van der Waals surface area contributed by atoms with Gasteiger partial charge in [0.15, 0.2) is 0 Å². The van der Waals surface area contributed by atoms with Crippen molar-refractivity contribution in [2.75, 3.05) is 13.1 Å². The van der Waals surface area contributed by atoms with Crippen LogP contribution in [0, 0.1) is 5.41 Å². The van der Waals surface area contributed by atoms with Crippen molar-refractivity contribution in [1.82, 2.24) is 15.1 Å². The van der Waals surface area contributed by atoms with E-state index >= 15 is 0 Å². The number of hydrogen-bond acceptors (Lipinski definition) is 5. The van der Waals surface area contributed by atoms with E-state index in [1.54, 1.807) is 6.92 Å². The normalized spacial score (nSPS) is 22.5. The number of rotatable bonds is 4. The van der Waals surface area contributed by atoms with Crippen LogP contribution >= 0.6 is 0 Å². The molecule has 1 aromatic carbocycles. The van der Waals surface area contributed by atoms with E-state index < -0.39 is 11.4 Å². The number of carboxylic acid groups (broad SMARTS) is 1. The van der Waals surface area contributed by atoms with Gasteiger partial charge in [0, 0.05) is 12.1 Å². The molecule has 1 N–H and O–H groups in total. The first-order valence-corrected chi connectivity index (χ1v) is 6.90. The predicted molar refractivity (Wildman–Crippen MR) is 75.4 cm³/mol. The van der Waals surface area contributed by atoms with E-state index in [0.29, 0.717) is 31.3 Å². The molecule has 6 heteroatoms. The Hall–Kier alpha value is -2.21. The molecule has 1 fully saturated rings. The fraction of sp³-hybridized carbons (Fsp3) is 0.400. The smallest absolute Gasteiger partial charge is 0.310 e. The van der Waals surface area contributed by atoms with Crippen molar-refractivity contribution >= 4 is 5.97 Å². The summed E-state index contributed by atoms with van der Waals surface area (Å²) < 4.78 is 5.65. The molecule has 0 bridgehead atoms. The number of aliphatic carboxylic acids is 1. The fourth-order valence-electron chi connectivity index (χ4n) is 2.57. The number of likely N-dealkylation sites (tertiary alicyclic amines) is 1. The van der Waals surface area contributed by atoms with Gasteiger partial charge in [0.2, 0.25) is 11.8 Å². The van der Waals surface area contributed by atoms with Crippen molar-refractivity contribution in [3.63, 3.8) is 0 Å². The summed E-state index contributed by atoms with van der Waals surface area (Å²) in [5.41, 5.74) is 0.204. The zero-order chi connectivity index (χ0) is 14.9. The summed E-state index contributed by atoms with van der Waals surface area (Å²) in [6.45, 7) is 3.50. The van der Waals surface area contributed by atoms with E-state index in [1.807, 2.05) is 35.2 Å². The number of hydrogen-bond donors (Lipinski definition) is 1. The molecule has 1 aliphatic rings. The number of carboxylic acids is 1. The van der Waals surface area contributed by atoms with Gasteiger partial charge in [-0.05, 0) is 32.0 Å². The van der Waals surface area contributed by atoms with Crippen LogP contribution in [0.3, 0.4) is 0 Å². The summed E-state index contributed by atoms with van der Waals surface area (Å²) in [4.78, 5) is 13.3. The third kappa shape index (κ3) is 2.80. The fourth-order valence-corrected chi connectivity index (χ4v) is 2.57. The van der Waals surface area contributed by atoms with E-state index in [9.17, 15) is 9.90 Å². The molecule has 1 saturated heterocycles. The molecule has 2 aromatic rings. The first-order valence-electron chi connectivity index (χ1n) is 6.90. The van der Waals surface area contributed by atoms with Gasteiger partial charge < -0.3 is 9.52 Å². The first kappa shape index (κ1) is 13.8. The van der Waals surface area contributed by atoms with Gasteiger partial charge in [0.1, 0.15) is 0 Å². The molecule has 21 heavy (non-hydrogen) atoms. The van der Waals surface area contributed by atoms with Crippen LogP contribution in [0.4, 0.5) is 0 Å². The molecule has 1 aliphatic heterocycles. The Bertz CT molecular complexity index is 641. The molecular formula is C15H17N3O3. The Morgan fingerprint density at radius 3 is 2.81 bits per heavy atom. The summed E-state index contributed by atoms with van der Waals surface area (Å²) in [5, 5.41) is 17.3. The van der Waals surface area contributed by atoms with Crippen molar-refractivity contribution in [2.45, 2.75) is 19.9 Å². The van der Waals surface area contributed by atoms with Gasteiger partial charge >= 0.3 is 5.97 Å². The second kappa shape index (κ2) is 5.29. The first-order chi connectivity index (χ1) is 10.1. The van der Waals surface area contributed by atoms with Crippen LogP contribution < -0.4 is 0 Å². The second-order valence-corrected chi connectivity index (χ2v) is 5.69. The number of carbonyl (C=O) groups is 1. The highest BCUT2D eigenvalue weighted by molar-refractivity contribution is 5.74. The van der Waals surface area contributed by atoms with E-state index in [4.69, 9.17) is 4.42 Å². The number of aromatic nitrogens is 2. The minimum absolute atomic E-state index is 0.489. The molecule has 0 aliphatic carbocycles. The topological polar surface area (TPSA) is 79.5 Å². The van der Waals surface area contributed by atoms with Crippen molar-refractivity contribution < 1.29 is 14.3 Å². The Labute approximate surface area is 122 Å². The largest absolute Gasteiger partial charge is 0.481 e. The SMILES string of the molecule is CC1(C(=O)O)CCN(Cc2nnc(-c3ccccc3)o2)C1. The van der Waals surface area contributed by atoms with Gasteiger partial charge in [-0.25, -0.2) is 0 Å². The molecule has 0 spiro atoms. The van der Waals surface area contributed by atoms with Crippen molar-refractivity contribution in [3.8, 4) is 11.5 Å². The lowest BCUT2D eigenvalue weighted by Crippen LogP contribution is -2.31. The Balaban J connectivity index is 1.68. The molecule has 6 nitrogen and oxygen atoms in total. The van der Waals surface area contributed by atoms with Gasteiger partial charge in [0.25, 0.3) is 0 Å². The second-order valence-electron chi connectivity index (χ2n) is 5.69. The summed E-state index contributed by atoms with van der Waals surface area (Å²) in [6, 6.07) is 9.58. The maximum atomic E-state index is 11.2. The highest BCUT2D eigenvalue weighted by atomic mass is 16.4. The van der Waals surface area contributed by atoms with Crippen LogP contribution in [0.2, 0.25) is 0 Å². The van der Waals surface area contributed by atoms with Crippen molar-refractivity contribution in [3.05, 3.63) is 36.2 Å². The van der Waals surface area contributed by atoms with Crippen LogP contribution in [-0.2, 0) is 11.3 Å². The number of nitrogens with zero attached hydrogens (tertiary/aromatic N) is 3. The van der Waals surface area contributed by atoms with Crippen LogP contribution in [0.1, 0.15) is 19.2 Å². The molecule has 0 radical (unpaired) electrons. The van der Waals surface area contributed by atoms with Crippen LogP contribution in [0.15, 0.2) is 34.7 Å². The molecular weight excluding hydrogens is 270 g/mol. The van der Waals surface area contributed by atoms with E-state index in [0.717, 1.165) is 12.1 Å². The monoisotopic (exact) mass is 287 g/mol. The highest BCUT2D eigenvalue weighted by Gasteiger charge is 2.40. The summed E-state index contributed by atoms with van der Waals surface area (Å²) >= 11 is 0. The molecule has 3 rings (SSSR count). The van der Waals surface area contributed by atoms with Gasteiger partial charge in [-0.3, -0.25) is 9.69 Å². The van der Waals surface area contributed by atoms with Crippen molar-refractivity contribution in [2.24, 2.45) is 5.41 Å². The van der Waals surface area contributed by atoms with Gasteiger partial charge in [-0.15, -0.1) is 10.2 Å². The third-order valence-corrected chi connectivity index (χ3v) is 3.92. The molecule has 110 valence electrons. The summed E-state index contributed by atoms with van der Waals surface area (Å²) in [6.07, 6.45) is 0.641. The van der Waals surface area contributed by atoms with Crippen LogP contribution in [0.5, 0.6) is 0 Å². The van der Waals surface area contributed by atoms with E-state index in [-0.39, 0.29) is 0 Å². The predicted octanol–water partition coefficient (Wildman–Crippen LogP) is 2.03. The van der Waals surface area contributed by atoms with Gasteiger partial charge in [0.05, 0.1) is 12.0 Å². The molecule has 0 amide bonds. The Morgan fingerprint density at radius 1 is 1.38 bits per heavy atom. The zero-order valence-electron chi connectivity index (χ0n) is 11.8. The maximum Gasteiger partial charge on any atom is 0.310 e. The zero-order valence-corrected chi connectivity index (χ0v) is 11.8. The molecule has 1 unspecified atom stereocenters. The minimum Gasteiger partial charge on any atom is -0.481 e. The Morgan fingerprint density at radius 2 is 2.14 bits per heavy atom. The van der Waals surface area contributed by atoms with E-state index in [1.165, 1.54) is 0 Å². The summed E-state index contributed by atoms with van der Waals surface area (Å²) in [5.74, 6) is 0.259. The van der Waals surface area contributed by atoms with Crippen LogP contribution in [0.25, 0.3) is 11.5 Å². The lowest BCUT2D eigenvalue weighted by atomic mass is 9.90. The van der Waals surface area contributed by atoms with Crippen molar-refractivity contribution in [1.29, 1.82) is 0 Å². The highest BCUT2D eigenvalue weighted by Crippen LogP contribution is 2.31. The molecule has 1 atom stereocenters. The Kier molecular flexibility index (Phi) is 3.47. The lowest BCUT2D eigenvalue weighted by molar-refractivity contribution is -0.147. The quantitative estimate of drug-likeness (QED) is 0.927. The maximum absolute atomic E-state index is 11.2. The van der Waals surface area contributed by atoms with E-state index in [2.05, 4.69) is 10.2 Å². The third-order valence-electron chi connectivity index (χ3n) is 3.92. The van der Waals surface area contributed by atoms with Gasteiger partial charge in [-0.1, -0.05) is 18.2 Å². The minimum atomic E-state index is -0.750. The number of benzene rings is 1. The molecule has 0 saturated carbocycles. The lowest BCUT2D eigenvalue weighted by Gasteiger charge is -2.18. The molecule has 2 heterocycles. The molecule has 1 aromatic heterocycles. The average molecular weight is 287 g/mol. The van der Waals surface area contributed by atoms with Crippen LogP contribution in [-0.4, -0.2) is 39.3 Å².